The number of rotatable bonds is 12. The summed E-state index contributed by atoms with van der Waals surface area (Å²) in [5.74, 6) is -1.26. The summed E-state index contributed by atoms with van der Waals surface area (Å²) >= 11 is 3.58. The molecule has 0 spiro atoms. The topological polar surface area (TPSA) is 303 Å². The summed E-state index contributed by atoms with van der Waals surface area (Å²) in [6.45, 7) is 2.29. The van der Waals surface area contributed by atoms with Gasteiger partial charge in [-0.25, -0.2) is 29.9 Å². The van der Waals surface area contributed by atoms with Crippen molar-refractivity contribution in [1.82, 2.24) is 55.1 Å². The van der Waals surface area contributed by atoms with E-state index in [9.17, 15) is 63.5 Å². The third-order valence-corrected chi connectivity index (χ3v) is 19.8. The lowest BCUT2D eigenvalue weighted by atomic mass is 9.99. The molecule has 5 aliphatic heterocycles. The molecule has 0 aliphatic carbocycles. The number of thiazole rings is 3. The van der Waals surface area contributed by atoms with Crippen LogP contribution in [0.25, 0.3) is 0 Å². The fourth-order valence-electron chi connectivity index (χ4n) is 11.9. The van der Waals surface area contributed by atoms with E-state index in [4.69, 9.17) is 9.47 Å². The number of carbonyl (C=O) groups excluding carboxylic acids is 5. The fraction of sp³-hybridized carbons (Fsp3) is 0.323. The number of methoxy groups -OCH3 is 2. The van der Waals surface area contributed by atoms with Crippen molar-refractivity contribution >= 4 is 154 Å². The van der Waals surface area contributed by atoms with Crippen molar-refractivity contribution in [3.05, 3.63) is 121 Å². The largest absolute Gasteiger partial charge is 0.495 e. The van der Waals surface area contributed by atoms with E-state index in [0.29, 0.717) is 91.7 Å². The summed E-state index contributed by atoms with van der Waals surface area (Å²) in [7, 11) is 11.4. The van der Waals surface area contributed by atoms with Crippen LogP contribution in [0.4, 0.5) is 130 Å². The molecular weight excluding hydrogens is 1450 g/mol. The van der Waals surface area contributed by atoms with Gasteiger partial charge in [0.05, 0.1) is 59.2 Å². The van der Waals surface area contributed by atoms with Gasteiger partial charge in [0.25, 0.3) is 23.6 Å². The highest BCUT2D eigenvalue weighted by Gasteiger charge is 2.44. The smallest absolute Gasteiger partial charge is 0.406 e. The molecule has 5 N–H and O–H groups in total. The molecule has 0 fully saturated rings. The van der Waals surface area contributed by atoms with Gasteiger partial charge in [-0.05, 0) is 106 Å². The molecule has 0 unspecified atom stereocenters. The lowest BCUT2D eigenvalue weighted by molar-refractivity contribution is -0.119. The number of ether oxygens (including phenoxy) is 2. The van der Waals surface area contributed by atoms with E-state index in [0.717, 1.165) is 42.5 Å². The predicted molar refractivity (Wildman–Crippen MR) is 377 cm³/mol. The Bertz CT molecular complexity index is 4940. The van der Waals surface area contributed by atoms with Crippen molar-refractivity contribution in [3.8, 4) is 11.5 Å². The number of likely N-dealkylation sites (N-methyl/N-ethyl adjacent to an activating group) is 1. The minimum absolute atomic E-state index is 0.0408. The molecular formula is C65H62F9N21O7S3. The summed E-state index contributed by atoms with van der Waals surface area (Å²) in [5, 5.41) is 17.3. The number of carbonyl (C=O) groups is 5. The number of hydrogen-bond donors (Lipinski definition) is 5. The van der Waals surface area contributed by atoms with E-state index in [1.54, 1.807) is 83.1 Å². The molecule has 3 aromatic carbocycles. The number of aromatic nitrogens is 9. The number of benzene rings is 3. The zero-order valence-corrected chi connectivity index (χ0v) is 59.6. The van der Waals surface area contributed by atoms with Gasteiger partial charge in [-0.1, -0.05) is 0 Å². The lowest BCUT2D eigenvalue weighted by Gasteiger charge is -2.26. The predicted octanol–water partition coefficient (Wildman–Crippen LogP) is 12.1. The highest BCUT2D eigenvalue weighted by molar-refractivity contribution is 7.17. The highest BCUT2D eigenvalue weighted by atomic mass is 32.1. The van der Waals surface area contributed by atoms with Gasteiger partial charge >= 0.3 is 18.5 Å². The zero-order valence-electron chi connectivity index (χ0n) is 57.1. The number of anilines is 16. The molecule has 550 valence electrons. The fourth-order valence-corrected chi connectivity index (χ4v) is 14.5. The van der Waals surface area contributed by atoms with Crippen LogP contribution in [0, 0.1) is 20.8 Å². The van der Waals surface area contributed by atoms with Gasteiger partial charge in [0, 0.05) is 64.6 Å². The van der Waals surface area contributed by atoms with Crippen LogP contribution in [0.3, 0.4) is 0 Å². The molecule has 11 heterocycles. The summed E-state index contributed by atoms with van der Waals surface area (Å²) in [5.41, 5.74) is 5.71. The Hall–Kier alpha value is -11.1. The van der Waals surface area contributed by atoms with Crippen LogP contribution in [-0.4, -0.2) is 173 Å². The third kappa shape index (κ3) is 15.7. The lowest BCUT2D eigenvalue weighted by Crippen LogP contribution is -2.39. The van der Waals surface area contributed by atoms with Gasteiger partial charge in [0.15, 0.2) is 34.5 Å². The maximum absolute atomic E-state index is 13.4. The van der Waals surface area contributed by atoms with Crippen LogP contribution in [-0.2, 0) is 24.2 Å². The summed E-state index contributed by atoms with van der Waals surface area (Å²) < 4.78 is 131. The zero-order chi connectivity index (χ0) is 75.5. The minimum Gasteiger partial charge on any atom is -0.495 e. The van der Waals surface area contributed by atoms with Gasteiger partial charge in [-0.2, -0.15) is 54.5 Å². The molecule has 5 amide bonds. The molecule has 40 heteroatoms. The van der Waals surface area contributed by atoms with Gasteiger partial charge in [0.1, 0.15) is 63.2 Å². The average molecular weight is 1520 g/mol. The maximum Gasteiger partial charge on any atom is 0.406 e. The standard InChI is InChI=1S/C23H24F3N7O2S.C21H20F3N7O3S.C21H18F3N7O2S/c1-12-28-18-20(34)33(11-23(24,25)26)16-9-27-22(30-19(16)32(3)21(18)36-12)29-15-7-14-10-31(2)6-5-13(14)8-17(15)35-4;1-10-27-15-18(33)31(9-21(22,23)24)13-8-26-20(29-16(13)30(3)19(15)35-10)28-12-6-5-11(17(32)25-2)7-14(12)34-4;1-10-26-16-18(33)31(9-21(22,23)24)14-8-25-20(29-17(14)30(2)19(16)34-10)27-12-4-5-13-11(7-12)3-6-15(32)28-13/h7-9H,5-6,10-11H2,1-4H3,(H,27,29,30);5-8H,9H2,1-4H3,(H,25,32)(H,26,28,29);4-5,7-8H,3,6,9H2,1-2H3,(H,28,32)(H,25,27,29). The van der Waals surface area contributed by atoms with Crippen molar-refractivity contribution in [3.63, 3.8) is 0 Å². The van der Waals surface area contributed by atoms with Crippen molar-refractivity contribution in [2.45, 2.75) is 65.1 Å². The normalized spacial score (nSPS) is 14.8. The van der Waals surface area contributed by atoms with Gasteiger partial charge in [0.2, 0.25) is 23.8 Å². The van der Waals surface area contributed by atoms with Gasteiger partial charge in [-0.3, -0.25) is 38.7 Å². The number of alkyl halides is 9. The molecule has 5 aliphatic rings. The quantitative estimate of drug-likeness (QED) is 0.0710. The second-order valence-corrected chi connectivity index (χ2v) is 27.7. The summed E-state index contributed by atoms with van der Waals surface area (Å²) in [6, 6.07) is 14.0. The van der Waals surface area contributed by atoms with Crippen molar-refractivity contribution < 1.29 is 73.0 Å². The second kappa shape index (κ2) is 28.8. The van der Waals surface area contributed by atoms with Gasteiger partial charge < -0.3 is 55.7 Å². The molecule has 0 bridgehead atoms. The molecule has 14 rings (SSSR count). The number of aryl methyl sites for hydroxylation is 4. The van der Waals surface area contributed by atoms with Crippen LogP contribution in [0.1, 0.15) is 80.0 Å². The molecule has 0 saturated carbocycles. The Kier molecular flexibility index (Phi) is 20.2. The monoisotopic (exact) mass is 1520 g/mol. The Morgan fingerprint density at radius 2 is 0.962 bits per heavy atom. The number of hydrogen-bond acceptors (Lipinski definition) is 26. The van der Waals surface area contributed by atoms with Crippen molar-refractivity contribution in [2.24, 2.45) is 0 Å². The van der Waals surface area contributed by atoms with Crippen LogP contribution in [0.2, 0.25) is 0 Å². The molecule has 0 saturated heterocycles. The van der Waals surface area contributed by atoms with E-state index in [-0.39, 0.29) is 81.3 Å². The minimum atomic E-state index is -4.65. The molecule has 105 heavy (non-hydrogen) atoms. The number of amides is 5. The molecule has 0 radical (unpaired) electrons. The van der Waals surface area contributed by atoms with Crippen LogP contribution in [0.5, 0.6) is 11.5 Å². The van der Waals surface area contributed by atoms with Crippen LogP contribution >= 0.6 is 34.0 Å². The second-order valence-electron chi connectivity index (χ2n) is 24.2. The Morgan fingerprint density at radius 1 is 0.524 bits per heavy atom. The maximum atomic E-state index is 13.4. The van der Waals surface area contributed by atoms with Gasteiger partial charge in [-0.15, -0.1) is 34.0 Å². The third-order valence-electron chi connectivity index (χ3n) is 16.7. The molecule has 6 aromatic heterocycles. The number of halogens is 9. The Balaban J connectivity index is 0.000000148. The van der Waals surface area contributed by atoms with E-state index in [2.05, 4.69) is 83.4 Å². The Morgan fingerprint density at radius 3 is 1.40 bits per heavy atom. The number of nitrogens with zero attached hydrogens (tertiary/aromatic N) is 16. The Labute approximate surface area is 603 Å². The van der Waals surface area contributed by atoms with E-state index in [1.165, 1.54) is 77.1 Å². The van der Waals surface area contributed by atoms with Crippen molar-refractivity contribution in [2.75, 3.05) is 126 Å². The van der Waals surface area contributed by atoms with Crippen LogP contribution < -0.4 is 65.5 Å². The van der Waals surface area contributed by atoms with Crippen molar-refractivity contribution in [1.29, 1.82) is 0 Å². The first-order chi connectivity index (χ1) is 49.6. The highest BCUT2D eigenvalue weighted by Crippen LogP contribution is 2.47. The summed E-state index contributed by atoms with van der Waals surface area (Å²) in [6.07, 6.45) is -8.44. The molecule has 9 aromatic rings. The SMILES string of the molecule is CNC(=O)c1ccc(Nc2ncc3c(n2)N(C)c2sc(C)nc2C(=O)N3CC(F)(F)F)c(OC)c1.COc1cc2c(cc1Nc1ncc3c(n1)N(C)c1sc(C)nc1C(=O)N3CC(F)(F)F)CN(C)CC2.Cc1nc2c(s1)N(C)c1nc(Nc3ccc4c(c3)CCC(=O)N4)ncc1N(CC(F)(F)F)C2=O. The van der Waals surface area contributed by atoms with E-state index >= 15 is 0 Å². The number of fused-ring (bicyclic) bond motifs is 8. The first-order valence-electron chi connectivity index (χ1n) is 31.6. The van der Waals surface area contributed by atoms with E-state index in [1.807, 2.05) is 18.2 Å². The molecule has 0 atom stereocenters. The first-order valence-corrected chi connectivity index (χ1v) is 34.0. The first kappa shape index (κ1) is 73.6. The van der Waals surface area contributed by atoms with E-state index < -0.39 is 55.9 Å². The average Bonchev–Trinajstić information content (AvgIpc) is 1.63. The summed E-state index contributed by atoms with van der Waals surface area (Å²) in [4.78, 5) is 110. The molecule has 28 nitrogen and oxygen atoms in total. The van der Waals surface area contributed by atoms with Crippen LogP contribution in [0.15, 0.2) is 67.1 Å². The number of nitrogens with one attached hydrogen (secondary N) is 5.